The van der Waals surface area contributed by atoms with Crippen molar-refractivity contribution in [2.75, 3.05) is 10.2 Å². The van der Waals surface area contributed by atoms with Gasteiger partial charge in [-0.05, 0) is 53.3 Å². The number of hydrogen-bond acceptors (Lipinski definition) is 6. The first-order chi connectivity index (χ1) is 21.7. The van der Waals surface area contributed by atoms with Crippen molar-refractivity contribution in [2.24, 2.45) is 11.8 Å². The minimum absolute atomic E-state index is 0.142. The quantitative estimate of drug-likeness (QED) is 0.145. The number of hydrogen-bond donors (Lipinski definition) is 1. The average Bonchev–Trinajstić information content (AvgIpc) is 3.52. The fourth-order valence-corrected chi connectivity index (χ4v) is 7.49. The van der Waals surface area contributed by atoms with Crippen molar-refractivity contribution < 1.29 is 19.3 Å². The number of nitrogens with one attached hydrogen (secondary N) is 1. The Labute approximate surface area is 260 Å². The SMILES string of the molecule is CC(C)Cc1ccc(C(=O)[C@H]2[C@@H](C(=O)c3ccc([N+](=O)[O-])cc3)N3c4ccccc4C=C[C@@H]3[C@]23C(=O)Nc2ccccc23)cc1. The third kappa shape index (κ3) is 4.31. The molecule has 8 heteroatoms. The molecule has 1 saturated heterocycles. The molecule has 0 unspecified atom stereocenters. The molecule has 1 fully saturated rings. The van der Waals surface area contributed by atoms with E-state index in [1.165, 1.54) is 24.3 Å². The van der Waals surface area contributed by atoms with Gasteiger partial charge in [0.05, 0.1) is 16.9 Å². The largest absolute Gasteiger partial charge is 0.352 e. The Bertz CT molecular complexity index is 1900. The van der Waals surface area contributed by atoms with Gasteiger partial charge in [0.25, 0.3) is 5.69 Å². The summed E-state index contributed by atoms with van der Waals surface area (Å²) in [5.74, 6) is -1.70. The van der Waals surface area contributed by atoms with Gasteiger partial charge in [-0.25, -0.2) is 0 Å². The molecule has 0 aliphatic carbocycles. The number of fused-ring (bicyclic) bond motifs is 6. The van der Waals surface area contributed by atoms with Gasteiger partial charge in [-0.1, -0.05) is 86.7 Å². The maximum Gasteiger partial charge on any atom is 0.269 e. The van der Waals surface area contributed by atoms with Crippen LogP contribution in [0.4, 0.5) is 17.1 Å². The highest BCUT2D eigenvalue weighted by Crippen LogP contribution is 2.58. The third-order valence-electron chi connectivity index (χ3n) is 9.34. The smallest absolute Gasteiger partial charge is 0.269 e. The van der Waals surface area contributed by atoms with Crippen LogP contribution in [0, 0.1) is 22.0 Å². The van der Waals surface area contributed by atoms with E-state index in [0.29, 0.717) is 22.7 Å². The van der Waals surface area contributed by atoms with Crippen LogP contribution in [0.3, 0.4) is 0 Å². The van der Waals surface area contributed by atoms with E-state index in [0.717, 1.165) is 23.2 Å². The molecule has 1 N–H and O–H groups in total. The van der Waals surface area contributed by atoms with Crippen LogP contribution in [0.2, 0.25) is 0 Å². The van der Waals surface area contributed by atoms with Crippen molar-refractivity contribution in [2.45, 2.75) is 37.8 Å². The van der Waals surface area contributed by atoms with Crippen LogP contribution in [0.5, 0.6) is 0 Å². The predicted octanol–water partition coefficient (Wildman–Crippen LogP) is 6.65. The first-order valence-electron chi connectivity index (χ1n) is 15.1. The number of nitro benzene ring substituents is 1. The van der Waals surface area contributed by atoms with E-state index in [1.807, 2.05) is 77.7 Å². The molecule has 0 radical (unpaired) electrons. The molecule has 224 valence electrons. The summed E-state index contributed by atoms with van der Waals surface area (Å²) < 4.78 is 0. The minimum atomic E-state index is -1.42. The van der Waals surface area contributed by atoms with Gasteiger partial charge in [0.1, 0.15) is 11.5 Å². The number of carbonyl (C=O) groups is 3. The van der Waals surface area contributed by atoms with Crippen LogP contribution in [-0.4, -0.2) is 34.5 Å². The Hall–Kier alpha value is -5.37. The second-order valence-electron chi connectivity index (χ2n) is 12.4. The highest BCUT2D eigenvalue weighted by molar-refractivity contribution is 6.18. The molecule has 4 aromatic rings. The summed E-state index contributed by atoms with van der Waals surface area (Å²) in [6.07, 6.45) is 4.74. The molecule has 0 aromatic heterocycles. The summed E-state index contributed by atoms with van der Waals surface area (Å²) in [6.45, 7) is 4.26. The summed E-state index contributed by atoms with van der Waals surface area (Å²) in [4.78, 5) is 57.0. The molecule has 3 aliphatic heterocycles. The third-order valence-corrected chi connectivity index (χ3v) is 9.34. The molecule has 0 saturated carbocycles. The van der Waals surface area contributed by atoms with Crippen molar-refractivity contribution in [1.29, 1.82) is 0 Å². The second-order valence-corrected chi connectivity index (χ2v) is 12.4. The van der Waals surface area contributed by atoms with Gasteiger partial charge in [0, 0.05) is 34.6 Å². The van der Waals surface area contributed by atoms with Crippen molar-refractivity contribution in [3.8, 4) is 0 Å². The van der Waals surface area contributed by atoms with E-state index in [2.05, 4.69) is 19.2 Å². The molecule has 3 aliphatic rings. The molecular formula is C37H31N3O5. The summed E-state index contributed by atoms with van der Waals surface area (Å²) >= 11 is 0. The van der Waals surface area contributed by atoms with E-state index in [4.69, 9.17) is 0 Å². The van der Waals surface area contributed by atoms with Crippen LogP contribution >= 0.6 is 0 Å². The maximum atomic E-state index is 15.0. The van der Waals surface area contributed by atoms with Gasteiger partial charge < -0.3 is 10.2 Å². The number of anilines is 2. The number of para-hydroxylation sites is 2. The summed E-state index contributed by atoms with van der Waals surface area (Å²) in [7, 11) is 0. The molecule has 0 bridgehead atoms. The second kappa shape index (κ2) is 10.7. The van der Waals surface area contributed by atoms with Gasteiger partial charge in [-0.3, -0.25) is 24.5 Å². The van der Waals surface area contributed by atoms with Gasteiger partial charge in [-0.2, -0.15) is 0 Å². The highest BCUT2D eigenvalue weighted by atomic mass is 16.6. The van der Waals surface area contributed by atoms with Crippen molar-refractivity contribution >= 4 is 40.6 Å². The predicted molar refractivity (Wildman–Crippen MR) is 173 cm³/mol. The van der Waals surface area contributed by atoms with Crippen LogP contribution < -0.4 is 10.2 Å². The van der Waals surface area contributed by atoms with Crippen LogP contribution in [-0.2, 0) is 16.6 Å². The number of benzene rings is 4. The van der Waals surface area contributed by atoms with E-state index in [-0.39, 0.29) is 28.7 Å². The zero-order valence-corrected chi connectivity index (χ0v) is 24.8. The van der Waals surface area contributed by atoms with Gasteiger partial charge in [0.2, 0.25) is 5.91 Å². The molecule has 4 atom stereocenters. The Balaban J connectivity index is 1.47. The van der Waals surface area contributed by atoms with Gasteiger partial charge >= 0.3 is 0 Å². The van der Waals surface area contributed by atoms with Crippen molar-refractivity contribution in [3.05, 3.63) is 141 Å². The lowest BCUT2D eigenvalue weighted by atomic mass is 9.64. The molecule has 4 aromatic carbocycles. The molecular weight excluding hydrogens is 566 g/mol. The average molecular weight is 598 g/mol. The van der Waals surface area contributed by atoms with Crippen molar-refractivity contribution in [1.82, 2.24) is 0 Å². The molecule has 1 spiro atoms. The number of amides is 1. The number of non-ortho nitro benzene ring substituents is 1. The molecule has 8 nitrogen and oxygen atoms in total. The van der Waals surface area contributed by atoms with E-state index >= 15 is 0 Å². The Morgan fingerprint density at radius 1 is 0.889 bits per heavy atom. The lowest BCUT2D eigenvalue weighted by Gasteiger charge is -2.37. The van der Waals surface area contributed by atoms with Crippen molar-refractivity contribution in [3.63, 3.8) is 0 Å². The zero-order chi connectivity index (χ0) is 31.5. The topological polar surface area (TPSA) is 110 Å². The summed E-state index contributed by atoms with van der Waals surface area (Å²) in [6, 6.07) is 26.2. The van der Waals surface area contributed by atoms with E-state index < -0.39 is 28.3 Å². The summed E-state index contributed by atoms with van der Waals surface area (Å²) in [5.41, 5.74) is 3.07. The fraction of sp³-hybridized carbons (Fsp3) is 0.216. The molecule has 7 rings (SSSR count). The van der Waals surface area contributed by atoms with E-state index in [1.54, 1.807) is 12.1 Å². The maximum absolute atomic E-state index is 15.0. The van der Waals surface area contributed by atoms with Crippen LogP contribution in [0.1, 0.15) is 51.3 Å². The van der Waals surface area contributed by atoms with E-state index in [9.17, 15) is 24.5 Å². The standard InChI is InChI=1S/C37H31N3O5/c1-22(2)21-23-11-13-25(14-12-23)34(41)32-33(35(42)26-15-18-27(19-16-26)40(44)45)39-30-10-6-3-7-24(30)17-20-31(39)37(32)28-8-4-5-9-29(28)38-36(37)43/h3-20,22,31-33H,21H2,1-2H3,(H,38,43)/t31-,32-,33+,37+/m1/s1. The van der Waals surface area contributed by atoms with Crippen LogP contribution in [0.15, 0.2) is 103 Å². The Morgan fingerprint density at radius 3 is 2.24 bits per heavy atom. The highest BCUT2D eigenvalue weighted by Gasteiger charge is 2.70. The lowest BCUT2D eigenvalue weighted by molar-refractivity contribution is -0.384. The van der Waals surface area contributed by atoms with Gasteiger partial charge in [0.15, 0.2) is 11.6 Å². The zero-order valence-electron chi connectivity index (χ0n) is 24.8. The number of nitrogens with zero attached hydrogens (tertiary/aromatic N) is 2. The number of Topliss-reactive ketones (excluding diaryl/α,β-unsaturated/α-hetero) is 2. The molecule has 45 heavy (non-hydrogen) atoms. The Morgan fingerprint density at radius 2 is 1.53 bits per heavy atom. The lowest BCUT2D eigenvalue weighted by Crippen LogP contribution is -2.51. The first-order valence-corrected chi connectivity index (χ1v) is 15.1. The minimum Gasteiger partial charge on any atom is -0.352 e. The first kappa shape index (κ1) is 28.4. The Kier molecular flexibility index (Phi) is 6.73. The number of ketones is 2. The van der Waals surface area contributed by atoms with Gasteiger partial charge in [-0.15, -0.1) is 0 Å². The molecule has 1 amide bonds. The number of rotatable bonds is 7. The monoisotopic (exact) mass is 597 g/mol. The summed E-state index contributed by atoms with van der Waals surface area (Å²) in [5, 5.41) is 14.4. The number of carbonyl (C=O) groups excluding carboxylic acids is 3. The fourth-order valence-electron chi connectivity index (χ4n) is 7.49. The molecule has 3 heterocycles. The van der Waals surface area contributed by atoms with Crippen LogP contribution in [0.25, 0.3) is 6.08 Å². The normalized spacial score (nSPS) is 22.6. The number of nitro groups is 1.